The van der Waals surface area contributed by atoms with Crippen LogP contribution in [0.1, 0.15) is 0 Å². The molecule has 0 spiro atoms. The highest BCUT2D eigenvalue weighted by Crippen LogP contribution is 2.13. The summed E-state index contributed by atoms with van der Waals surface area (Å²) < 4.78 is 22.2. The summed E-state index contributed by atoms with van der Waals surface area (Å²) in [6, 6.07) is 0.322. The Balaban J connectivity index is 2.15. The Morgan fingerprint density at radius 1 is 1.00 bits per heavy atom. The van der Waals surface area contributed by atoms with Crippen LogP contribution in [0.5, 0.6) is 0 Å². The SMILES string of the molecule is O=S1(=O)CC2NCCN[C@@H]2C1. The molecule has 0 amide bonds. The monoisotopic (exact) mass is 176 g/mol. The third-order valence-corrected chi connectivity index (χ3v) is 4.02. The van der Waals surface area contributed by atoms with Crippen LogP contribution < -0.4 is 10.6 Å². The fourth-order valence-corrected chi connectivity index (χ4v) is 3.70. The molecule has 2 aliphatic heterocycles. The zero-order valence-electron chi connectivity index (χ0n) is 6.21. The molecule has 0 aromatic carbocycles. The van der Waals surface area contributed by atoms with Crippen LogP contribution >= 0.6 is 0 Å². The molecule has 4 nitrogen and oxygen atoms in total. The van der Waals surface area contributed by atoms with E-state index in [1.807, 2.05) is 0 Å². The Morgan fingerprint density at radius 3 is 1.91 bits per heavy atom. The molecular formula is C6H12N2O2S. The van der Waals surface area contributed by atoms with Gasteiger partial charge in [-0.15, -0.1) is 0 Å². The average Bonchev–Trinajstić information content (AvgIpc) is 2.21. The molecule has 2 atom stereocenters. The quantitative estimate of drug-likeness (QED) is 0.464. The van der Waals surface area contributed by atoms with Crippen molar-refractivity contribution in [3.05, 3.63) is 0 Å². The van der Waals surface area contributed by atoms with E-state index < -0.39 is 9.84 Å². The van der Waals surface area contributed by atoms with Gasteiger partial charge in [0.15, 0.2) is 9.84 Å². The molecule has 0 aromatic heterocycles. The minimum atomic E-state index is -2.75. The van der Waals surface area contributed by atoms with Gasteiger partial charge in [0.1, 0.15) is 0 Å². The van der Waals surface area contributed by atoms with Crippen molar-refractivity contribution in [2.45, 2.75) is 12.1 Å². The summed E-state index contributed by atoms with van der Waals surface area (Å²) in [6.07, 6.45) is 0. The molecule has 11 heavy (non-hydrogen) atoms. The predicted molar refractivity (Wildman–Crippen MR) is 42.2 cm³/mol. The van der Waals surface area contributed by atoms with E-state index >= 15 is 0 Å². The molecule has 2 rings (SSSR count). The molecule has 2 heterocycles. The van der Waals surface area contributed by atoms with E-state index in [1.165, 1.54) is 0 Å². The highest BCUT2D eigenvalue weighted by Gasteiger charge is 2.38. The standard InChI is InChI=1S/C6H12N2O2S/c9-11(10)3-5-6(4-11)8-2-1-7-5/h5-8H,1-4H2/t5-,6?/m1/s1. The van der Waals surface area contributed by atoms with Crippen molar-refractivity contribution >= 4 is 9.84 Å². The number of fused-ring (bicyclic) bond motifs is 1. The zero-order chi connectivity index (χ0) is 7.90. The van der Waals surface area contributed by atoms with Gasteiger partial charge in [-0.05, 0) is 0 Å². The topological polar surface area (TPSA) is 58.2 Å². The van der Waals surface area contributed by atoms with Gasteiger partial charge in [0.25, 0.3) is 0 Å². The highest BCUT2D eigenvalue weighted by molar-refractivity contribution is 7.91. The summed E-state index contributed by atoms with van der Waals surface area (Å²) in [4.78, 5) is 0. The Morgan fingerprint density at radius 2 is 1.45 bits per heavy atom. The lowest BCUT2D eigenvalue weighted by molar-refractivity contribution is 0.377. The summed E-state index contributed by atoms with van der Waals surface area (Å²) in [7, 11) is -2.75. The summed E-state index contributed by atoms with van der Waals surface area (Å²) in [5, 5.41) is 6.39. The van der Waals surface area contributed by atoms with Crippen LogP contribution in [0.4, 0.5) is 0 Å². The molecule has 2 fully saturated rings. The number of nitrogens with one attached hydrogen (secondary N) is 2. The van der Waals surface area contributed by atoms with E-state index in [2.05, 4.69) is 10.6 Å². The Kier molecular flexibility index (Phi) is 1.66. The molecule has 0 aliphatic carbocycles. The van der Waals surface area contributed by atoms with E-state index in [0.29, 0.717) is 11.5 Å². The zero-order valence-corrected chi connectivity index (χ0v) is 7.02. The Hall–Kier alpha value is -0.130. The van der Waals surface area contributed by atoms with Crippen LogP contribution in [0.2, 0.25) is 0 Å². The molecule has 2 N–H and O–H groups in total. The van der Waals surface area contributed by atoms with Crippen LogP contribution in [0.25, 0.3) is 0 Å². The first-order valence-corrected chi connectivity index (χ1v) is 5.67. The van der Waals surface area contributed by atoms with Gasteiger partial charge in [-0.25, -0.2) is 8.42 Å². The number of piperazine rings is 1. The predicted octanol–water partition coefficient (Wildman–Crippen LogP) is -1.66. The van der Waals surface area contributed by atoms with Crippen molar-refractivity contribution in [3.63, 3.8) is 0 Å². The number of rotatable bonds is 0. The second-order valence-corrected chi connectivity index (χ2v) is 5.35. The molecule has 0 aromatic rings. The Bertz CT molecular complexity index is 229. The van der Waals surface area contributed by atoms with E-state index in [4.69, 9.17) is 0 Å². The lowest BCUT2D eigenvalue weighted by atomic mass is 10.1. The van der Waals surface area contributed by atoms with Crippen molar-refractivity contribution < 1.29 is 8.42 Å². The van der Waals surface area contributed by atoms with Crippen molar-refractivity contribution in [2.24, 2.45) is 0 Å². The molecule has 0 radical (unpaired) electrons. The third kappa shape index (κ3) is 1.40. The first-order valence-electron chi connectivity index (χ1n) is 3.84. The van der Waals surface area contributed by atoms with Crippen molar-refractivity contribution in [2.75, 3.05) is 24.6 Å². The lowest BCUT2D eigenvalue weighted by Crippen LogP contribution is -2.55. The second-order valence-electron chi connectivity index (χ2n) is 3.20. The summed E-state index contributed by atoms with van der Waals surface area (Å²) in [5.74, 6) is 0.620. The first-order chi connectivity index (χ1) is 5.17. The van der Waals surface area contributed by atoms with Crippen LogP contribution in [0.15, 0.2) is 0 Å². The number of sulfone groups is 1. The van der Waals surface area contributed by atoms with Gasteiger partial charge in [-0.3, -0.25) is 0 Å². The van der Waals surface area contributed by atoms with Crippen LogP contribution in [-0.2, 0) is 9.84 Å². The minimum Gasteiger partial charge on any atom is -0.310 e. The van der Waals surface area contributed by atoms with Gasteiger partial charge in [0.2, 0.25) is 0 Å². The average molecular weight is 176 g/mol. The Labute approximate surface area is 66.3 Å². The molecule has 1 unspecified atom stereocenters. The van der Waals surface area contributed by atoms with Gasteiger partial charge in [0.05, 0.1) is 11.5 Å². The largest absolute Gasteiger partial charge is 0.310 e. The molecule has 5 heteroatoms. The summed E-state index contributed by atoms with van der Waals surface area (Å²) >= 11 is 0. The van der Waals surface area contributed by atoms with Crippen molar-refractivity contribution in [1.82, 2.24) is 10.6 Å². The smallest absolute Gasteiger partial charge is 0.153 e. The minimum absolute atomic E-state index is 0.161. The number of hydrogen-bond donors (Lipinski definition) is 2. The molecule has 0 saturated carbocycles. The van der Waals surface area contributed by atoms with Gasteiger partial charge in [0, 0.05) is 25.2 Å². The first kappa shape index (κ1) is 7.52. The van der Waals surface area contributed by atoms with Crippen LogP contribution in [-0.4, -0.2) is 45.1 Å². The molecule has 64 valence electrons. The van der Waals surface area contributed by atoms with Crippen molar-refractivity contribution in [1.29, 1.82) is 0 Å². The summed E-state index contributed by atoms with van der Waals surface area (Å²) in [5.41, 5.74) is 0. The lowest BCUT2D eigenvalue weighted by Gasteiger charge is -2.26. The van der Waals surface area contributed by atoms with Gasteiger partial charge >= 0.3 is 0 Å². The van der Waals surface area contributed by atoms with E-state index in [9.17, 15) is 8.42 Å². The summed E-state index contributed by atoms with van der Waals surface area (Å²) in [6.45, 7) is 1.77. The van der Waals surface area contributed by atoms with E-state index in [1.54, 1.807) is 0 Å². The molecule has 2 aliphatic rings. The molecule has 2 saturated heterocycles. The molecular weight excluding hydrogens is 164 g/mol. The fraction of sp³-hybridized carbons (Fsp3) is 1.00. The normalized spacial score (nSPS) is 41.8. The van der Waals surface area contributed by atoms with Crippen LogP contribution in [0, 0.1) is 0 Å². The van der Waals surface area contributed by atoms with E-state index in [-0.39, 0.29) is 12.1 Å². The van der Waals surface area contributed by atoms with Crippen molar-refractivity contribution in [3.8, 4) is 0 Å². The maximum absolute atomic E-state index is 11.1. The maximum atomic E-state index is 11.1. The van der Waals surface area contributed by atoms with Crippen LogP contribution in [0.3, 0.4) is 0 Å². The van der Waals surface area contributed by atoms with Gasteiger partial charge in [-0.2, -0.15) is 0 Å². The number of hydrogen-bond acceptors (Lipinski definition) is 4. The molecule has 0 bridgehead atoms. The third-order valence-electron chi connectivity index (χ3n) is 2.29. The van der Waals surface area contributed by atoms with Gasteiger partial charge < -0.3 is 10.6 Å². The maximum Gasteiger partial charge on any atom is 0.153 e. The van der Waals surface area contributed by atoms with Gasteiger partial charge in [-0.1, -0.05) is 0 Å². The van der Waals surface area contributed by atoms with E-state index in [0.717, 1.165) is 13.1 Å². The second kappa shape index (κ2) is 2.43. The fourth-order valence-electron chi connectivity index (χ4n) is 1.76. The highest BCUT2D eigenvalue weighted by atomic mass is 32.2.